The van der Waals surface area contributed by atoms with Gasteiger partial charge in [0.15, 0.2) is 11.5 Å². The minimum Gasteiger partial charge on any atom is -0.497 e. The zero-order valence-corrected chi connectivity index (χ0v) is 15.7. The van der Waals surface area contributed by atoms with E-state index in [1.807, 2.05) is 24.3 Å². The zero-order chi connectivity index (χ0) is 19.2. The zero-order valence-electron chi connectivity index (χ0n) is 15.7. The summed E-state index contributed by atoms with van der Waals surface area (Å²) in [7, 11) is 4.88. The SMILES string of the molecule is COc1ccc(OCCN(C)C(=O)c2cc(OC)c3c(c2)OCCO3)cc1. The first kappa shape index (κ1) is 18.7. The molecule has 2 aromatic rings. The summed E-state index contributed by atoms with van der Waals surface area (Å²) < 4.78 is 27.3. The van der Waals surface area contributed by atoms with Crippen LogP contribution in [-0.4, -0.2) is 58.4 Å². The van der Waals surface area contributed by atoms with Gasteiger partial charge in [-0.2, -0.15) is 0 Å². The van der Waals surface area contributed by atoms with Crippen LogP contribution in [0.25, 0.3) is 0 Å². The van der Waals surface area contributed by atoms with Crippen LogP contribution in [0.5, 0.6) is 28.7 Å². The maximum atomic E-state index is 12.7. The number of hydrogen-bond donors (Lipinski definition) is 0. The Labute approximate surface area is 158 Å². The molecule has 1 aliphatic rings. The summed E-state index contributed by atoms with van der Waals surface area (Å²) in [4.78, 5) is 14.3. The first-order chi connectivity index (χ1) is 13.1. The van der Waals surface area contributed by atoms with Gasteiger partial charge in [0.1, 0.15) is 31.3 Å². The molecule has 1 heterocycles. The van der Waals surface area contributed by atoms with E-state index in [0.717, 1.165) is 11.5 Å². The van der Waals surface area contributed by atoms with Crippen LogP contribution in [0.2, 0.25) is 0 Å². The molecular formula is C20H23NO6. The van der Waals surface area contributed by atoms with E-state index in [-0.39, 0.29) is 5.91 Å². The molecule has 0 N–H and O–H groups in total. The van der Waals surface area contributed by atoms with Crippen LogP contribution < -0.4 is 23.7 Å². The van der Waals surface area contributed by atoms with E-state index in [2.05, 4.69) is 0 Å². The van der Waals surface area contributed by atoms with Crippen LogP contribution in [0.1, 0.15) is 10.4 Å². The number of carbonyl (C=O) groups is 1. The number of carbonyl (C=O) groups excluding carboxylic acids is 1. The molecule has 0 bridgehead atoms. The Hall–Kier alpha value is -3.09. The molecular weight excluding hydrogens is 350 g/mol. The molecule has 27 heavy (non-hydrogen) atoms. The van der Waals surface area contributed by atoms with Crippen LogP contribution in [0.4, 0.5) is 0 Å². The predicted molar refractivity (Wildman–Crippen MR) is 99.4 cm³/mol. The second kappa shape index (κ2) is 8.53. The van der Waals surface area contributed by atoms with Crippen molar-refractivity contribution in [2.75, 3.05) is 47.6 Å². The van der Waals surface area contributed by atoms with E-state index >= 15 is 0 Å². The molecule has 0 saturated carbocycles. The minimum absolute atomic E-state index is 0.149. The van der Waals surface area contributed by atoms with Crippen molar-refractivity contribution < 1.29 is 28.5 Å². The lowest BCUT2D eigenvalue weighted by Crippen LogP contribution is -2.31. The number of rotatable bonds is 7. The van der Waals surface area contributed by atoms with Gasteiger partial charge in [-0.15, -0.1) is 0 Å². The van der Waals surface area contributed by atoms with Gasteiger partial charge in [0.25, 0.3) is 5.91 Å². The molecule has 144 valence electrons. The highest BCUT2D eigenvalue weighted by Gasteiger charge is 2.22. The largest absolute Gasteiger partial charge is 0.497 e. The Morgan fingerprint density at radius 3 is 2.44 bits per heavy atom. The van der Waals surface area contributed by atoms with E-state index in [9.17, 15) is 4.79 Å². The molecule has 0 aliphatic carbocycles. The molecule has 0 unspecified atom stereocenters. The number of benzene rings is 2. The van der Waals surface area contributed by atoms with E-state index in [4.69, 9.17) is 23.7 Å². The summed E-state index contributed by atoms with van der Waals surface area (Å²) in [5, 5.41) is 0. The van der Waals surface area contributed by atoms with Crippen LogP contribution in [0.15, 0.2) is 36.4 Å². The molecule has 3 rings (SSSR count). The summed E-state index contributed by atoms with van der Waals surface area (Å²) in [6.07, 6.45) is 0. The quantitative estimate of drug-likeness (QED) is 0.743. The fraction of sp³-hybridized carbons (Fsp3) is 0.350. The van der Waals surface area contributed by atoms with Gasteiger partial charge in [0, 0.05) is 12.6 Å². The van der Waals surface area contributed by atoms with E-state index in [0.29, 0.717) is 49.2 Å². The number of fused-ring (bicyclic) bond motifs is 1. The highest BCUT2D eigenvalue weighted by atomic mass is 16.6. The van der Waals surface area contributed by atoms with Gasteiger partial charge in [-0.3, -0.25) is 4.79 Å². The monoisotopic (exact) mass is 373 g/mol. The van der Waals surface area contributed by atoms with Crippen molar-refractivity contribution in [1.29, 1.82) is 0 Å². The van der Waals surface area contributed by atoms with Crippen molar-refractivity contribution in [3.05, 3.63) is 42.0 Å². The maximum Gasteiger partial charge on any atom is 0.253 e. The van der Waals surface area contributed by atoms with Crippen molar-refractivity contribution in [3.8, 4) is 28.7 Å². The summed E-state index contributed by atoms with van der Waals surface area (Å²) >= 11 is 0. The normalized spacial score (nSPS) is 12.3. The number of ether oxygens (including phenoxy) is 5. The molecule has 0 atom stereocenters. The van der Waals surface area contributed by atoms with Crippen molar-refractivity contribution in [2.45, 2.75) is 0 Å². The molecule has 0 spiro atoms. The molecule has 0 aromatic heterocycles. The van der Waals surface area contributed by atoms with Gasteiger partial charge in [-0.1, -0.05) is 0 Å². The molecule has 1 amide bonds. The summed E-state index contributed by atoms with van der Waals surface area (Å²) in [5.41, 5.74) is 0.475. The lowest BCUT2D eigenvalue weighted by Gasteiger charge is -2.23. The van der Waals surface area contributed by atoms with Crippen LogP contribution in [-0.2, 0) is 0 Å². The van der Waals surface area contributed by atoms with Gasteiger partial charge in [-0.25, -0.2) is 0 Å². The predicted octanol–water partition coefficient (Wildman–Crippen LogP) is 2.63. The summed E-state index contributed by atoms with van der Waals surface area (Å²) in [5.74, 6) is 2.87. The summed E-state index contributed by atoms with van der Waals surface area (Å²) in [6, 6.07) is 10.6. The highest BCUT2D eigenvalue weighted by molar-refractivity contribution is 5.95. The second-order valence-corrected chi connectivity index (χ2v) is 5.95. The van der Waals surface area contributed by atoms with Gasteiger partial charge >= 0.3 is 0 Å². The third-order valence-electron chi connectivity index (χ3n) is 4.18. The number of hydrogen-bond acceptors (Lipinski definition) is 6. The third kappa shape index (κ3) is 4.36. The van der Waals surface area contributed by atoms with Gasteiger partial charge in [0.05, 0.1) is 20.8 Å². The van der Waals surface area contributed by atoms with Crippen LogP contribution in [0.3, 0.4) is 0 Å². The molecule has 1 aliphatic heterocycles. The minimum atomic E-state index is -0.149. The average Bonchev–Trinajstić information content (AvgIpc) is 2.72. The third-order valence-corrected chi connectivity index (χ3v) is 4.18. The molecule has 0 saturated heterocycles. The maximum absolute atomic E-state index is 12.7. The van der Waals surface area contributed by atoms with Gasteiger partial charge in [-0.05, 0) is 36.4 Å². The molecule has 0 radical (unpaired) electrons. The standard InChI is InChI=1S/C20H23NO6/c1-21(8-9-25-16-6-4-15(23-2)5-7-16)20(22)14-12-17(24-3)19-18(13-14)26-10-11-27-19/h4-7,12-13H,8-11H2,1-3H3. The van der Waals surface area contributed by atoms with Crippen molar-refractivity contribution in [3.63, 3.8) is 0 Å². The van der Waals surface area contributed by atoms with Gasteiger partial charge in [0.2, 0.25) is 5.75 Å². The molecule has 7 heteroatoms. The van der Waals surface area contributed by atoms with E-state index in [1.165, 1.54) is 7.11 Å². The van der Waals surface area contributed by atoms with Gasteiger partial charge < -0.3 is 28.6 Å². The average molecular weight is 373 g/mol. The number of nitrogens with zero attached hydrogens (tertiary/aromatic N) is 1. The number of likely N-dealkylation sites (N-methyl/N-ethyl adjacent to an activating group) is 1. The number of amides is 1. The van der Waals surface area contributed by atoms with Crippen molar-refractivity contribution in [2.24, 2.45) is 0 Å². The molecule has 0 fully saturated rings. The Morgan fingerprint density at radius 1 is 1.04 bits per heavy atom. The second-order valence-electron chi connectivity index (χ2n) is 5.95. The first-order valence-corrected chi connectivity index (χ1v) is 8.62. The molecule has 2 aromatic carbocycles. The van der Waals surface area contributed by atoms with Crippen LogP contribution in [0, 0.1) is 0 Å². The lowest BCUT2D eigenvalue weighted by atomic mass is 10.1. The van der Waals surface area contributed by atoms with Crippen LogP contribution >= 0.6 is 0 Å². The Morgan fingerprint density at radius 2 is 1.74 bits per heavy atom. The Bertz CT molecular complexity index is 773. The van der Waals surface area contributed by atoms with Crippen molar-refractivity contribution >= 4 is 5.91 Å². The fourth-order valence-electron chi connectivity index (χ4n) is 2.69. The molecule has 7 nitrogen and oxygen atoms in total. The van der Waals surface area contributed by atoms with E-state index in [1.54, 1.807) is 31.2 Å². The smallest absolute Gasteiger partial charge is 0.253 e. The highest BCUT2D eigenvalue weighted by Crippen LogP contribution is 2.40. The fourth-order valence-corrected chi connectivity index (χ4v) is 2.69. The van der Waals surface area contributed by atoms with E-state index < -0.39 is 0 Å². The Balaban J connectivity index is 1.61. The first-order valence-electron chi connectivity index (χ1n) is 8.62. The van der Waals surface area contributed by atoms with Crippen molar-refractivity contribution in [1.82, 2.24) is 4.90 Å². The Kier molecular flexibility index (Phi) is 5.90. The lowest BCUT2D eigenvalue weighted by molar-refractivity contribution is 0.0772. The topological polar surface area (TPSA) is 66.5 Å². The number of methoxy groups -OCH3 is 2. The summed E-state index contributed by atoms with van der Waals surface area (Å²) in [6.45, 7) is 1.70.